The van der Waals surface area contributed by atoms with Crippen LogP contribution in [0.15, 0.2) is 46.9 Å². The fourth-order valence-electron chi connectivity index (χ4n) is 1.93. The zero-order valence-electron chi connectivity index (χ0n) is 11.2. The van der Waals surface area contributed by atoms with Crippen molar-refractivity contribution in [3.05, 3.63) is 68.2 Å². The van der Waals surface area contributed by atoms with Gasteiger partial charge in [0, 0.05) is 22.6 Å². The first-order valence-electron chi connectivity index (χ1n) is 6.22. The van der Waals surface area contributed by atoms with Crippen LogP contribution in [0.4, 0.5) is 11.4 Å². The molecule has 0 aliphatic heterocycles. The van der Waals surface area contributed by atoms with Crippen LogP contribution in [0.3, 0.4) is 0 Å². The predicted octanol–water partition coefficient (Wildman–Crippen LogP) is 4.40. The van der Waals surface area contributed by atoms with Gasteiger partial charge in [-0.1, -0.05) is 28.1 Å². The van der Waals surface area contributed by atoms with E-state index >= 15 is 0 Å². The summed E-state index contributed by atoms with van der Waals surface area (Å²) in [5.74, 6) is 0. The molecule has 6 heteroatoms. The molecule has 106 valence electrons. The lowest BCUT2D eigenvalue weighted by Crippen LogP contribution is -2.08. The van der Waals surface area contributed by atoms with Gasteiger partial charge >= 0.3 is 0 Å². The maximum Gasteiger partial charge on any atom is 0.269 e. The molecular formula is C15H12BrN3O2. The van der Waals surface area contributed by atoms with Gasteiger partial charge in [-0.05, 0) is 30.7 Å². The van der Waals surface area contributed by atoms with Crippen LogP contribution < -0.4 is 5.32 Å². The van der Waals surface area contributed by atoms with Gasteiger partial charge in [-0.25, -0.2) is 0 Å². The Kier molecular flexibility index (Phi) is 4.55. The van der Waals surface area contributed by atoms with E-state index < -0.39 is 4.92 Å². The number of benzene rings is 2. The Labute approximate surface area is 130 Å². The Morgan fingerprint density at radius 1 is 1.29 bits per heavy atom. The van der Waals surface area contributed by atoms with E-state index in [0.717, 1.165) is 15.7 Å². The number of nitro groups is 1. The Morgan fingerprint density at radius 2 is 1.95 bits per heavy atom. The summed E-state index contributed by atoms with van der Waals surface area (Å²) < 4.78 is 0.875. The monoisotopic (exact) mass is 345 g/mol. The minimum absolute atomic E-state index is 0.0612. The largest absolute Gasteiger partial charge is 0.377 e. The SMILES string of the molecule is CC(Nc1cc(Br)ccc1C#N)c1ccc([N+](=O)[O-])cc1. The van der Waals surface area contributed by atoms with Gasteiger partial charge in [0.1, 0.15) is 6.07 Å². The van der Waals surface area contributed by atoms with Crippen molar-refractivity contribution in [2.75, 3.05) is 5.32 Å². The highest BCUT2D eigenvalue weighted by Gasteiger charge is 2.11. The van der Waals surface area contributed by atoms with Crippen LogP contribution in [0, 0.1) is 21.4 Å². The molecular weight excluding hydrogens is 334 g/mol. The van der Waals surface area contributed by atoms with Gasteiger partial charge in [0.05, 0.1) is 16.2 Å². The third-order valence-electron chi connectivity index (χ3n) is 3.08. The molecule has 2 aromatic carbocycles. The van der Waals surface area contributed by atoms with Gasteiger partial charge in [0.15, 0.2) is 0 Å². The van der Waals surface area contributed by atoms with Gasteiger partial charge in [-0.2, -0.15) is 5.26 Å². The smallest absolute Gasteiger partial charge is 0.269 e. The highest BCUT2D eigenvalue weighted by molar-refractivity contribution is 9.10. The first-order valence-corrected chi connectivity index (χ1v) is 7.01. The molecule has 21 heavy (non-hydrogen) atoms. The molecule has 0 bridgehead atoms. The van der Waals surface area contributed by atoms with E-state index in [0.29, 0.717) is 5.56 Å². The number of halogens is 1. The second-order valence-corrected chi connectivity index (χ2v) is 5.43. The number of nitro benzene ring substituents is 1. The van der Waals surface area contributed by atoms with Gasteiger partial charge < -0.3 is 5.32 Å². The third kappa shape index (κ3) is 3.58. The lowest BCUT2D eigenvalue weighted by Gasteiger charge is -2.17. The van der Waals surface area contributed by atoms with E-state index in [4.69, 9.17) is 5.26 Å². The van der Waals surface area contributed by atoms with E-state index in [2.05, 4.69) is 27.3 Å². The number of nitrogens with one attached hydrogen (secondary N) is 1. The number of nitrogens with zero attached hydrogens (tertiary/aromatic N) is 2. The molecule has 0 radical (unpaired) electrons. The molecule has 5 nitrogen and oxygen atoms in total. The average Bonchev–Trinajstić information content (AvgIpc) is 2.47. The van der Waals surface area contributed by atoms with E-state index in [9.17, 15) is 10.1 Å². The summed E-state index contributed by atoms with van der Waals surface area (Å²) in [6.45, 7) is 1.93. The number of nitriles is 1. The molecule has 0 heterocycles. The predicted molar refractivity (Wildman–Crippen MR) is 84.0 cm³/mol. The molecule has 1 atom stereocenters. The summed E-state index contributed by atoms with van der Waals surface area (Å²) in [5.41, 5.74) is 2.24. The third-order valence-corrected chi connectivity index (χ3v) is 3.57. The Balaban J connectivity index is 2.22. The molecule has 0 fully saturated rings. The Bertz CT molecular complexity index is 708. The van der Waals surface area contributed by atoms with Crippen LogP contribution in [0.2, 0.25) is 0 Å². The Hall–Kier alpha value is -2.39. The molecule has 1 unspecified atom stereocenters. The molecule has 0 amide bonds. The Morgan fingerprint density at radius 3 is 2.52 bits per heavy atom. The zero-order chi connectivity index (χ0) is 15.4. The van der Waals surface area contributed by atoms with Crippen LogP contribution in [0.5, 0.6) is 0 Å². The van der Waals surface area contributed by atoms with Crippen LogP contribution in [0.25, 0.3) is 0 Å². The number of hydrogen-bond donors (Lipinski definition) is 1. The fourth-order valence-corrected chi connectivity index (χ4v) is 2.30. The number of non-ortho nitro benzene ring substituents is 1. The van der Waals surface area contributed by atoms with Crippen molar-refractivity contribution < 1.29 is 4.92 Å². The molecule has 0 aliphatic carbocycles. The summed E-state index contributed by atoms with van der Waals surface area (Å²) in [6, 6.07) is 13.8. The summed E-state index contributed by atoms with van der Waals surface area (Å²) in [7, 11) is 0. The number of rotatable bonds is 4. The summed E-state index contributed by atoms with van der Waals surface area (Å²) in [6.07, 6.45) is 0. The maximum absolute atomic E-state index is 10.6. The number of hydrogen-bond acceptors (Lipinski definition) is 4. The first kappa shape index (κ1) is 15.0. The van der Waals surface area contributed by atoms with Gasteiger partial charge in [-0.15, -0.1) is 0 Å². The molecule has 2 rings (SSSR count). The first-order chi connectivity index (χ1) is 10.0. The minimum Gasteiger partial charge on any atom is -0.377 e. The molecule has 1 N–H and O–H groups in total. The van der Waals surface area contributed by atoms with Crippen molar-refractivity contribution in [3.8, 4) is 6.07 Å². The van der Waals surface area contributed by atoms with Gasteiger partial charge in [0.25, 0.3) is 5.69 Å². The second kappa shape index (κ2) is 6.37. The highest BCUT2D eigenvalue weighted by atomic mass is 79.9. The van der Waals surface area contributed by atoms with Gasteiger partial charge in [-0.3, -0.25) is 10.1 Å². The standard InChI is InChI=1S/C15H12BrN3O2/c1-10(11-3-6-14(7-4-11)19(20)21)18-15-8-13(16)5-2-12(15)9-17/h2-8,10,18H,1H3. The van der Waals surface area contributed by atoms with Crippen molar-refractivity contribution in [3.63, 3.8) is 0 Å². The lowest BCUT2D eigenvalue weighted by atomic mass is 10.1. The van der Waals surface area contributed by atoms with Crippen molar-refractivity contribution in [1.82, 2.24) is 0 Å². The van der Waals surface area contributed by atoms with Crippen molar-refractivity contribution in [2.24, 2.45) is 0 Å². The second-order valence-electron chi connectivity index (χ2n) is 4.52. The topological polar surface area (TPSA) is 79.0 Å². The molecule has 2 aromatic rings. The van der Waals surface area contributed by atoms with Crippen molar-refractivity contribution in [1.29, 1.82) is 5.26 Å². The normalized spacial score (nSPS) is 11.5. The lowest BCUT2D eigenvalue weighted by molar-refractivity contribution is -0.384. The quantitative estimate of drug-likeness (QED) is 0.657. The van der Waals surface area contributed by atoms with Crippen molar-refractivity contribution >= 4 is 27.3 Å². The van der Waals surface area contributed by atoms with E-state index in [-0.39, 0.29) is 11.7 Å². The van der Waals surface area contributed by atoms with Gasteiger partial charge in [0.2, 0.25) is 0 Å². The summed E-state index contributed by atoms with van der Waals surface area (Å²) in [5, 5.41) is 23.0. The van der Waals surface area contributed by atoms with Crippen LogP contribution >= 0.6 is 15.9 Å². The van der Waals surface area contributed by atoms with Crippen LogP contribution in [-0.2, 0) is 0 Å². The number of anilines is 1. The highest BCUT2D eigenvalue weighted by Crippen LogP contribution is 2.26. The minimum atomic E-state index is -0.427. The molecule has 0 aliphatic rings. The van der Waals surface area contributed by atoms with E-state index in [1.54, 1.807) is 24.3 Å². The van der Waals surface area contributed by atoms with E-state index in [1.807, 2.05) is 13.0 Å². The molecule has 0 saturated heterocycles. The molecule has 0 saturated carbocycles. The van der Waals surface area contributed by atoms with E-state index in [1.165, 1.54) is 12.1 Å². The molecule has 0 spiro atoms. The van der Waals surface area contributed by atoms with Crippen molar-refractivity contribution in [2.45, 2.75) is 13.0 Å². The van der Waals surface area contributed by atoms with Crippen LogP contribution in [-0.4, -0.2) is 4.92 Å². The summed E-state index contributed by atoms with van der Waals surface area (Å²) in [4.78, 5) is 10.2. The average molecular weight is 346 g/mol. The van der Waals surface area contributed by atoms with Crippen LogP contribution in [0.1, 0.15) is 24.1 Å². The fraction of sp³-hybridized carbons (Fsp3) is 0.133. The summed E-state index contributed by atoms with van der Waals surface area (Å²) >= 11 is 3.37. The zero-order valence-corrected chi connectivity index (χ0v) is 12.8. The maximum atomic E-state index is 10.6. The molecule has 0 aromatic heterocycles.